The number of β-amino-alcohol motifs (C(OH)–C–C–N with tert-alkyl or cyclic N) is 1. The third kappa shape index (κ3) is 13.1. The van der Waals surface area contributed by atoms with Gasteiger partial charge in [0.2, 0.25) is 11.8 Å². The zero-order chi connectivity index (χ0) is 49.6. The standard InChI is InChI=1S/C45H68N6O15/c1-7-31-37(43(64)47-14-27(57)20-53)23(4)36(42(63)46-13-26(56)19-52)25(6)40(31)50-17-30(60)18-51(35(62)12-10-11-34(50)61)41-32(8-2)38(44(65)48-15-28(58)21-54)24(5)39(33(41)9-3)45(66)49-16-29(59)22-55/h26-30,52-60H,7-22H2,1-6H3,(H,46,63)(H,47,64)(H,48,65)(H,49,66). The van der Waals surface area contributed by atoms with E-state index in [1.165, 1.54) is 23.6 Å². The molecule has 0 aliphatic carbocycles. The van der Waals surface area contributed by atoms with E-state index in [4.69, 9.17) is 0 Å². The lowest BCUT2D eigenvalue weighted by Crippen LogP contribution is -2.47. The molecule has 2 aromatic rings. The maximum Gasteiger partial charge on any atom is 0.252 e. The number of carbonyl (C=O) groups excluding carboxylic acids is 6. The lowest BCUT2D eigenvalue weighted by molar-refractivity contribution is -0.121. The van der Waals surface area contributed by atoms with Gasteiger partial charge in [-0.15, -0.1) is 0 Å². The molecule has 5 unspecified atom stereocenters. The predicted molar refractivity (Wildman–Crippen MR) is 241 cm³/mol. The van der Waals surface area contributed by atoms with Crippen molar-refractivity contribution in [1.29, 1.82) is 0 Å². The second-order valence-corrected chi connectivity index (χ2v) is 16.3. The van der Waals surface area contributed by atoms with E-state index in [2.05, 4.69) is 21.3 Å². The van der Waals surface area contributed by atoms with Gasteiger partial charge >= 0.3 is 0 Å². The van der Waals surface area contributed by atoms with Gasteiger partial charge in [0.05, 0.1) is 81.4 Å². The molecule has 21 nitrogen and oxygen atoms in total. The summed E-state index contributed by atoms with van der Waals surface area (Å²) >= 11 is 0. The zero-order valence-electron chi connectivity index (χ0n) is 38.6. The molecule has 1 heterocycles. The summed E-state index contributed by atoms with van der Waals surface area (Å²) in [5.41, 5.74) is 1.66. The quantitative estimate of drug-likeness (QED) is 0.0618. The molecule has 13 N–H and O–H groups in total. The molecule has 1 fully saturated rings. The van der Waals surface area contributed by atoms with Crippen LogP contribution in [-0.4, -0.2) is 178 Å². The van der Waals surface area contributed by atoms with Crippen molar-refractivity contribution in [3.8, 4) is 0 Å². The number of aliphatic hydroxyl groups excluding tert-OH is 9. The molecule has 3 rings (SSSR count). The number of hydrogen-bond donors (Lipinski definition) is 13. The first kappa shape index (κ1) is 55.2. The van der Waals surface area contributed by atoms with Gasteiger partial charge in [-0.2, -0.15) is 0 Å². The molecule has 0 bridgehead atoms. The number of nitrogens with one attached hydrogen (secondary N) is 4. The van der Waals surface area contributed by atoms with E-state index in [1.807, 2.05) is 0 Å². The molecule has 1 aliphatic rings. The van der Waals surface area contributed by atoms with Crippen LogP contribution < -0.4 is 31.1 Å². The number of amides is 6. The third-order valence-electron chi connectivity index (χ3n) is 11.5. The SMILES string of the molecule is CCc1c(C(=O)NCC(O)CO)c(C)c(C(=O)NCC(O)CO)c(C)c1N1CC(O)CN(c2c(CC)c(C(=O)NCC(O)CO)c(C)c(C(=O)NCC(O)CO)c2CC)C(=O)CCCC1=O. The van der Waals surface area contributed by atoms with E-state index in [-0.39, 0.29) is 115 Å². The molecular weight excluding hydrogens is 865 g/mol. The fourth-order valence-corrected chi connectivity index (χ4v) is 8.31. The van der Waals surface area contributed by atoms with Crippen molar-refractivity contribution >= 4 is 46.8 Å². The Kier molecular flexibility index (Phi) is 21.5. The van der Waals surface area contributed by atoms with Crippen LogP contribution in [0.2, 0.25) is 0 Å². The lowest BCUT2D eigenvalue weighted by atomic mass is 9.85. The highest BCUT2D eigenvalue weighted by molar-refractivity contribution is 6.10. The van der Waals surface area contributed by atoms with E-state index >= 15 is 0 Å². The summed E-state index contributed by atoms with van der Waals surface area (Å²) in [5, 5.41) is 100. The largest absolute Gasteiger partial charge is 0.394 e. The Morgan fingerprint density at radius 2 is 0.803 bits per heavy atom. The molecular formula is C45H68N6O15. The molecule has 0 spiro atoms. The summed E-state index contributed by atoms with van der Waals surface area (Å²) in [6, 6.07) is 0. The Balaban J connectivity index is 2.36. The van der Waals surface area contributed by atoms with Crippen molar-refractivity contribution in [1.82, 2.24) is 21.3 Å². The van der Waals surface area contributed by atoms with Gasteiger partial charge in [-0.25, -0.2) is 0 Å². The molecule has 1 aliphatic heterocycles. The van der Waals surface area contributed by atoms with Gasteiger partial charge in [0.1, 0.15) is 0 Å². The molecule has 2 aromatic carbocycles. The van der Waals surface area contributed by atoms with Crippen LogP contribution in [0.1, 0.15) is 115 Å². The number of rotatable bonds is 21. The summed E-state index contributed by atoms with van der Waals surface area (Å²) < 4.78 is 0. The lowest BCUT2D eigenvalue weighted by Gasteiger charge is -2.36. The Bertz CT molecular complexity index is 2030. The minimum absolute atomic E-state index is 0.0172. The summed E-state index contributed by atoms with van der Waals surface area (Å²) in [6.07, 6.45) is -7.04. The summed E-state index contributed by atoms with van der Waals surface area (Å²) in [6.45, 7) is 4.67. The monoisotopic (exact) mass is 932 g/mol. The average Bonchev–Trinajstić information content (AvgIpc) is 3.30. The highest BCUT2D eigenvalue weighted by Crippen LogP contribution is 2.39. The van der Waals surface area contributed by atoms with E-state index < -0.39 is 105 Å². The molecule has 0 saturated carbocycles. The van der Waals surface area contributed by atoms with Crippen LogP contribution in [0.5, 0.6) is 0 Å². The molecule has 6 amide bonds. The van der Waals surface area contributed by atoms with Crippen molar-refractivity contribution in [2.45, 2.75) is 111 Å². The van der Waals surface area contributed by atoms with Crippen molar-refractivity contribution in [2.75, 3.05) is 75.5 Å². The smallest absolute Gasteiger partial charge is 0.252 e. The predicted octanol–water partition coefficient (Wildman–Crippen LogP) is -2.46. The first-order valence-electron chi connectivity index (χ1n) is 22.2. The van der Waals surface area contributed by atoms with Crippen molar-refractivity contribution in [2.24, 2.45) is 0 Å². The number of anilines is 2. The minimum atomic E-state index is -1.57. The molecule has 21 heteroatoms. The first-order chi connectivity index (χ1) is 31.3. The second kappa shape index (κ2) is 25.7. The summed E-state index contributed by atoms with van der Waals surface area (Å²) in [4.78, 5) is 87.2. The van der Waals surface area contributed by atoms with E-state index in [1.54, 1.807) is 27.7 Å². The van der Waals surface area contributed by atoms with Gasteiger partial charge in [0, 0.05) is 61.3 Å². The van der Waals surface area contributed by atoms with Crippen molar-refractivity contribution < 1.29 is 74.7 Å². The highest BCUT2D eigenvalue weighted by Gasteiger charge is 2.36. The van der Waals surface area contributed by atoms with E-state index in [0.29, 0.717) is 16.7 Å². The Morgan fingerprint density at radius 1 is 0.515 bits per heavy atom. The second-order valence-electron chi connectivity index (χ2n) is 16.3. The van der Waals surface area contributed by atoms with Crippen molar-refractivity contribution in [3.63, 3.8) is 0 Å². The normalized spacial score (nSPS) is 16.6. The molecule has 66 heavy (non-hydrogen) atoms. The third-order valence-corrected chi connectivity index (χ3v) is 11.5. The van der Waals surface area contributed by atoms with Gasteiger partial charge in [0.15, 0.2) is 0 Å². The van der Waals surface area contributed by atoms with Gasteiger partial charge < -0.3 is 77.0 Å². The van der Waals surface area contributed by atoms with Gasteiger partial charge in [0.25, 0.3) is 23.6 Å². The van der Waals surface area contributed by atoms with Crippen LogP contribution in [0.4, 0.5) is 11.4 Å². The number of carbonyl (C=O) groups is 6. The fraction of sp³-hybridized carbons (Fsp3) is 0.600. The van der Waals surface area contributed by atoms with Gasteiger partial charge in [-0.05, 0) is 79.8 Å². The average molecular weight is 933 g/mol. The molecule has 368 valence electrons. The van der Waals surface area contributed by atoms with E-state index in [0.717, 1.165) is 0 Å². The fourth-order valence-electron chi connectivity index (χ4n) is 8.31. The van der Waals surface area contributed by atoms with Crippen LogP contribution in [0.25, 0.3) is 0 Å². The molecule has 0 radical (unpaired) electrons. The highest BCUT2D eigenvalue weighted by atomic mass is 16.3. The Hall–Kier alpha value is -5.10. The van der Waals surface area contributed by atoms with E-state index in [9.17, 15) is 74.7 Å². The van der Waals surface area contributed by atoms with Gasteiger partial charge in [-0.1, -0.05) is 20.8 Å². The van der Waals surface area contributed by atoms with Crippen LogP contribution in [0.15, 0.2) is 0 Å². The van der Waals surface area contributed by atoms with Crippen LogP contribution in [0.3, 0.4) is 0 Å². The zero-order valence-corrected chi connectivity index (χ0v) is 38.6. The Labute approximate surface area is 383 Å². The summed E-state index contributed by atoms with van der Waals surface area (Å²) in [5.74, 6) is -4.10. The van der Waals surface area contributed by atoms with Crippen molar-refractivity contribution in [3.05, 3.63) is 55.6 Å². The van der Waals surface area contributed by atoms with Gasteiger partial charge in [-0.3, -0.25) is 28.8 Å². The molecule has 5 atom stereocenters. The maximum atomic E-state index is 14.4. The maximum absolute atomic E-state index is 14.4. The molecule has 0 aromatic heterocycles. The number of aliphatic hydroxyl groups is 9. The first-order valence-corrected chi connectivity index (χ1v) is 22.2. The summed E-state index contributed by atoms with van der Waals surface area (Å²) in [7, 11) is 0. The van der Waals surface area contributed by atoms with Crippen LogP contribution in [-0.2, 0) is 28.9 Å². The number of hydrogen-bond acceptors (Lipinski definition) is 15. The van der Waals surface area contributed by atoms with Crippen LogP contribution >= 0.6 is 0 Å². The van der Waals surface area contributed by atoms with Crippen LogP contribution in [0, 0.1) is 20.8 Å². The number of benzene rings is 2. The Morgan fingerprint density at radius 3 is 1.12 bits per heavy atom. The topological polar surface area (TPSA) is 339 Å². The number of nitrogens with zero attached hydrogens (tertiary/aromatic N) is 2. The molecule has 1 saturated heterocycles. The minimum Gasteiger partial charge on any atom is -0.394 e.